The highest BCUT2D eigenvalue weighted by Gasteiger charge is 2.68. The summed E-state index contributed by atoms with van der Waals surface area (Å²) < 4.78 is 22.8. The predicted octanol–water partition coefficient (Wildman–Crippen LogP) is 2.83. The first-order chi connectivity index (χ1) is 13.7. The minimum Gasteiger partial charge on any atom is -0.465 e. The van der Waals surface area contributed by atoms with Gasteiger partial charge in [0, 0.05) is 11.3 Å². The van der Waals surface area contributed by atoms with Crippen molar-refractivity contribution in [2.45, 2.75) is 71.9 Å². The van der Waals surface area contributed by atoms with Gasteiger partial charge in [0.1, 0.15) is 0 Å². The van der Waals surface area contributed by atoms with E-state index in [0.717, 1.165) is 12.8 Å². The first kappa shape index (κ1) is 19.8. The number of fused-ring (bicyclic) bond motifs is 6. The van der Waals surface area contributed by atoms with E-state index in [2.05, 4.69) is 20.8 Å². The molecule has 0 radical (unpaired) electrons. The molecular formula is C23H34O6. The molecule has 11 atom stereocenters. The summed E-state index contributed by atoms with van der Waals surface area (Å²) in [7, 11) is 0. The third-order valence-corrected chi connectivity index (χ3v) is 8.53. The van der Waals surface area contributed by atoms with Crippen molar-refractivity contribution in [2.24, 2.45) is 46.8 Å². The van der Waals surface area contributed by atoms with Crippen LogP contribution in [0.15, 0.2) is 0 Å². The highest BCUT2D eigenvalue weighted by Crippen LogP contribution is 2.61. The molecule has 29 heavy (non-hydrogen) atoms. The second kappa shape index (κ2) is 6.68. The Labute approximate surface area is 173 Å². The van der Waals surface area contributed by atoms with Crippen molar-refractivity contribution >= 4 is 11.9 Å². The zero-order valence-corrected chi connectivity index (χ0v) is 18.1. The van der Waals surface area contributed by atoms with Crippen molar-refractivity contribution in [3.63, 3.8) is 0 Å². The van der Waals surface area contributed by atoms with Gasteiger partial charge in [0.15, 0.2) is 0 Å². The van der Waals surface area contributed by atoms with Crippen LogP contribution < -0.4 is 0 Å². The van der Waals surface area contributed by atoms with Gasteiger partial charge in [-0.05, 0) is 36.5 Å². The molecule has 3 aliphatic carbocycles. The van der Waals surface area contributed by atoms with E-state index >= 15 is 0 Å². The van der Waals surface area contributed by atoms with Gasteiger partial charge in [0.05, 0.1) is 49.5 Å². The lowest BCUT2D eigenvalue weighted by molar-refractivity contribution is -0.161. The minimum atomic E-state index is -0.410. The standard InChI is InChI=1S/C23H34O6/c1-10-11(2)18-16(28-18)7-14(10)21(24)26-8-23(4,5)9-27-22(25)17-12(3)13-6-15(17)20-19(13)29-20/h10-20H,6-9H2,1-5H3. The Bertz CT molecular complexity index is 703. The summed E-state index contributed by atoms with van der Waals surface area (Å²) >= 11 is 0. The lowest BCUT2D eigenvalue weighted by Gasteiger charge is -2.31. The SMILES string of the molecule is CC1C(C(=O)OCC(C)(C)COC(=O)C2C(C)C3CC2C2OC32)CC2OC2C1C. The first-order valence-electron chi connectivity index (χ1n) is 11.3. The van der Waals surface area contributed by atoms with E-state index in [4.69, 9.17) is 18.9 Å². The van der Waals surface area contributed by atoms with Crippen LogP contribution in [-0.2, 0) is 28.5 Å². The Morgan fingerprint density at radius 2 is 1.48 bits per heavy atom. The van der Waals surface area contributed by atoms with Gasteiger partial charge in [-0.15, -0.1) is 0 Å². The fourth-order valence-electron chi connectivity index (χ4n) is 6.35. The monoisotopic (exact) mass is 406 g/mol. The predicted molar refractivity (Wildman–Crippen MR) is 104 cm³/mol. The summed E-state index contributed by atoms with van der Waals surface area (Å²) in [6.07, 6.45) is 3.10. The Hall–Kier alpha value is -1.14. The molecule has 0 aromatic heterocycles. The molecule has 2 aliphatic heterocycles. The maximum absolute atomic E-state index is 12.8. The quantitative estimate of drug-likeness (QED) is 0.499. The van der Waals surface area contributed by atoms with E-state index in [1.54, 1.807) is 0 Å². The summed E-state index contributed by atoms with van der Waals surface area (Å²) in [5.74, 6) is 1.44. The molecule has 5 rings (SSSR count). The van der Waals surface area contributed by atoms with Crippen molar-refractivity contribution in [1.82, 2.24) is 0 Å². The fraction of sp³-hybridized carbons (Fsp3) is 0.913. The summed E-state index contributed by atoms with van der Waals surface area (Å²) in [5.41, 5.74) is -0.410. The van der Waals surface area contributed by atoms with E-state index < -0.39 is 5.41 Å². The van der Waals surface area contributed by atoms with Crippen molar-refractivity contribution in [1.29, 1.82) is 0 Å². The van der Waals surface area contributed by atoms with E-state index in [0.29, 0.717) is 35.9 Å². The van der Waals surface area contributed by atoms with Crippen LogP contribution in [0.25, 0.3) is 0 Å². The second-order valence-electron chi connectivity index (χ2n) is 11.1. The average Bonchev–Trinajstić information content (AvgIpc) is 3.58. The number of carbonyl (C=O) groups is 2. The van der Waals surface area contributed by atoms with Crippen molar-refractivity contribution < 1.29 is 28.5 Å². The van der Waals surface area contributed by atoms with Crippen LogP contribution in [0.2, 0.25) is 0 Å². The minimum absolute atomic E-state index is 0.0434. The highest BCUT2D eigenvalue weighted by atomic mass is 16.6. The van der Waals surface area contributed by atoms with Crippen LogP contribution in [0, 0.1) is 46.8 Å². The first-order valence-corrected chi connectivity index (χ1v) is 11.3. The molecule has 0 spiro atoms. The van der Waals surface area contributed by atoms with Crippen LogP contribution >= 0.6 is 0 Å². The normalized spacial score (nSPS) is 49.2. The van der Waals surface area contributed by atoms with Crippen molar-refractivity contribution in [2.75, 3.05) is 13.2 Å². The summed E-state index contributed by atoms with van der Waals surface area (Å²) in [4.78, 5) is 25.4. The van der Waals surface area contributed by atoms with E-state index in [1.165, 1.54) is 0 Å². The summed E-state index contributed by atoms with van der Waals surface area (Å²) in [5, 5.41) is 0. The fourth-order valence-corrected chi connectivity index (χ4v) is 6.35. The number of hydrogen-bond donors (Lipinski definition) is 0. The van der Waals surface area contributed by atoms with Crippen LogP contribution in [0.1, 0.15) is 47.5 Å². The van der Waals surface area contributed by atoms with Gasteiger partial charge in [0.2, 0.25) is 0 Å². The molecule has 6 heteroatoms. The molecule has 0 amide bonds. The van der Waals surface area contributed by atoms with E-state index in [9.17, 15) is 9.59 Å². The molecule has 2 saturated heterocycles. The number of esters is 2. The third kappa shape index (κ3) is 3.31. The Morgan fingerprint density at radius 3 is 2.17 bits per heavy atom. The molecule has 0 aromatic rings. The maximum atomic E-state index is 12.8. The van der Waals surface area contributed by atoms with Gasteiger partial charge in [-0.3, -0.25) is 9.59 Å². The van der Waals surface area contributed by atoms with Gasteiger partial charge in [0.25, 0.3) is 0 Å². The summed E-state index contributed by atoms with van der Waals surface area (Å²) in [6.45, 7) is 10.9. The number of epoxide rings is 2. The second-order valence-corrected chi connectivity index (χ2v) is 11.1. The van der Waals surface area contributed by atoms with Gasteiger partial charge >= 0.3 is 11.9 Å². The lowest BCUT2D eigenvalue weighted by atomic mass is 9.74. The van der Waals surface area contributed by atoms with E-state index in [-0.39, 0.29) is 55.1 Å². The Kier molecular flexibility index (Phi) is 4.56. The zero-order valence-electron chi connectivity index (χ0n) is 18.1. The molecule has 2 bridgehead atoms. The van der Waals surface area contributed by atoms with Crippen LogP contribution in [0.4, 0.5) is 0 Å². The van der Waals surface area contributed by atoms with Gasteiger partial charge < -0.3 is 18.9 Å². The Balaban J connectivity index is 1.10. The number of ether oxygens (including phenoxy) is 4. The third-order valence-electron chi connectivity index (χ3n) is 8.53. The summed E-state index contributed by atoms with van der Waals surface area (Å²) in [6, 6.07) is 0. The number of rotatable bonds is 6. The smallest absolute Gasteiger partial charge is 0.309 e. The molecule has 3 saturated carbocycles. The topological polar surface area (TPSA) is 77.7 Å². The molecular weight excluding hydrogens is 372 g/mol. The lowest BCUT2D eigenvalue weighted by Crippen LogP contribution is -2.38. The largest absolute Gasteiger partial charge is 0.465 e. The molecule has 0 N–H and O–H groups in total. The molecule has 5 aliphatic rings. The molecule has 2 heterocycles. The molecule has 5 fully saturated rings. The molecule has 11 unspecified atom stereocenters. The van der Waals surface area contributed by atoms with Crippen LogP contribution in [-0.4, -0.2) is 49.6 Å². The number of hydrogen-bond acceptors (Lipinski definition) is 6. The molecule has 6 nitrogen and oxygen atoms in total. The van der Waals surface area contributed by atoms with Gasteiger partial charge in [-0.25, -0.2) is 0 Å². The Morgan fingerprint density at radius 1 is 0.828 bits per heavy atom. The van der Waals surface area contributed by atoms with Crippen molar-refractivity contribution in [3.05, 3.63) is 0 Å². The van der Waals surface area contributed by atoms with Crippen molar-refractivity contribution in [3.8, 4) is 0 Å². The molecule has 162 valence electrons. The average molecular weight is 407 g/mol. The zero-order chi connectivity index (χ0) is 20.7. The maximum Gasteiger partial charge on any atom is 0.309 e. The van der Waals surface area contributed by atoms with Gasteiger partial charge in [-0.1, -0.05) is 34.6 Å². The molecule has 0 aromatic carbocycles. The number of carbonyl (C=O) groups excluding carboxylic acids is 2. The van der Waals surface area contributed by atoms with E-state index in [1.807, 2.05) is 13.8 Å². The highest BCUT2D eigenvalue weighted by molar-refractivity contribution is 5.74. The van der Waals surface area contributed by atoms with Gasteiger partial charge in [-0.2, -0.15) is 0 Å². The van der Waals surface area contributed by atoms with Crippen LogP contribution in [0.3, 0.4) is 0 Å². The van der Waals surface area contributed by atoms with Crippen LogP contribution in [0.5, 0.6) is 0 Å².